The van der Waals surface area contributed by atoms with Crippen molar-refractivity contribution in [2.75, 3.05) is 37.7 Å². The molecule has 10 heteroatoms. The fourth-order valence-electron chi connectivity index (χ4n) is 3.31. The van der Waals surface area contributed by atoms with E-state index in [4.69, 9.17) is 4.74 Å². The predicted octanol–water partition coefficient (Wildman–Crippen LogP) is -0.746. The number of ether oxygens (including phenoxy) is 1. The number of aromatic nitrogens is 2. The number of nitrogens with zero attached hydrogens (tertiary/aromatic N) is 4. The van der Waals surface area contributed by atoms with E-state index in [1.165, 1.54) is 0 Å². The third-order valence-corrected chi connectivity index (χ3v) is 4.71. The average Bonchev–Trinajstić information content (AvgIpc) is 2.70. The summed E-state index contributed by atoms with van der Waals surface area (Å²) in [5.74, 6) is -0.868. The lowest BCUT2D eigenvalue weighted by molar-refractivity contribution is -0.139. The molecule has 2 N–H and O–H groups in total. The Bertz CT molecular complexity index is 802. The molecule has 2 aliphatic heterocycles. The summed E-state index contributed by atoms with van der Waals surface area (Å²) in [5.41, 5.74) is -0.799. The summed E-state index contributed by atoms with van der Waals surface area (Å²) in [6, 6.07) is 0.615. The average molecular weight is 403 g/mol. The molecule has 3 heterocycles. The molecule has 0 aliphatic carbocycles. The lowest BCUT2D eigenvalue weighted by atomic mass is 9.98. The van der Waals surface area contributed by atoms with E-state index in [1.807, 2.05) is 4.90 Å². The number of anilines is 1. The van der Waals surface area contributed by atoms with Crippen LogP contribution in [-0.4, -0.2) is 82.0 Å². The molecular weight excluding hydrogens is 378 g/mol. The maximum Gasteiger partial charge on any atom is 0.287 e. The Morgan fingerprint density at radius 3 is 2.48 bits per heavy atom. The van der Waals surface area contributed by atoms with Gasteiger partial charge in [-0.25, -0.2) is 9.97 Å². The van der Waals surface area contributed by atoms with E-state index in [1.54, 1.807) is 37.2 Å². The van der Waals surface area contributed by atoms with E-state index < -0.39 is 30.1 Å². The Hall–Kier alpha value is -3.01. The third kappa shape index (κ3) is 5.08. The molecule has 2 amide bonds. The highest BCUT2D eigenvalue weighted by molar-refractivity contribution is 6.03. The SMILES string of the molecule is CC1(C)CC(=O)C=C(C(=O)N[C@@H](CO)C(=O)N2CCN(c3ncccn3)CC2)O1. The van der Waals surface area contributed by atoms with Crippen LogP contribution in [0.3, 0.4) is 0 Å². The number of aliphatic hydroxyl groups is 1. The van der Waals surface area contributed by atoms with Crippen molar-refractivity contribution in [3.8, 4) is 0 Å². The topological polar surface area (TPSA) is 125 Å². The molecule has 2 aliphatic rings. The number of ketones is 1. The number of rotatable bonds is 5. The molecule has 1 atom stereocenters. The van der Waals surface area contributed by atoms with Crippen LogP contribution in [0.25, 0.3) is 0 Å². The molecule has 1 aromatic rings. The van der Waals surface area contributed by atoms with Crippen LogP contribution >= 0.6 is 0 Å². The number of nitrogens with one attached hydrogen (secondary N) is 1. The number of hydrogen-bond acceptors (Lipinski definition) is 8. The molecule has 10 nitrogen and oxygen atoms in total. The summed E-state index contributed by atoms with van der Waals surface area (Å²) >= 11 is 0. The maximum absolute atomic E-state index is 12.8. The molecule has 1 aromatic heterocycles. The van der Waals surface area contributed by atoms with Gasteiger partial charge < -0.3 is 25.0 Å². The molecule has 3 rings (SSSR count). The number of carbonyl (C=O) groups is 3. The van der Waals surface area contributed by atoms with Gasteiger partial charge in [0.25, 0.3) is 5.91 Å². The van der Waals surface area contributed by atoms with Crippen LogP contribution in [-0.2, 0) is 19.1 Å². The van der Waals surface area contributed by atoms with Gasteiger partial charge in [-0.1, -0.05) is 0 Å². The van der Waals surface area contributed by atoms with E-state index in [0.29, 0.717) is 32.1 Å². The first-order chi connectivity index (χ1) is 13.8. The van der Waals surface area contributed by atoms with Gasteiger partial charge >= 0.3 is 0 Å². The van der Waals surface area contributed by atoms with Crippen LogP contribution in [0, 0.1) is 0 Å². The van der Waals surface area contributed by atoms with Crippen LogP contribution in [0.5, 0.6) is 0 Å². The fraction of sp³-hybridized carbons (Fsp3) is 0.526. The molecule has 0 spiro atoms. The summed E-state index contributed by atoms with van der Waals surface area (Å²) in [6.45, 7) is 4.75. The number of allylic oxidation sites excluding steroid dienone is 1. The standard InChI is InChI=1S/C19H25N5O5/c1-19(2)11-13(26)10-15(29-19)16(27)22-14(12-25)17(28)23-6-8-24(9-7-23)18-20-4-3-5-21-18/h3-5,10,14,25H,6-9,11-12H2,1-2H3,(H,22,27)/t14-/m0/s1. The van der Waals surface area contributed by atoms with Crippen molar-refractivity contribution in [1.82, 2.24) is 20.2 Å². The van der Waals surface area contributed by atoms with Crippen molar-refractivity contribution in [2.24, 2.45) is 0 Å². The van der Waals surface area contributed by atoms with Crippen LogP contribution in [0.2, 0.25) is 0 Å². The Morgan fingerprint density at radius 1 is 1.24 bits per heavy atom. The molecule has 1 saturated heterocycles. The third-order valence-electron chi connectivity index (χ3n) is 4.71. The number of hydrogen-bond donors (Lipinski definition) is 2. The van der Waals surface area contributed by atoms with Gasteiger partial charge in [0, 0.05) is 51.1 Å². The van der Waals surface area contributed by atoms with Crippen molar-refractivity contribution < 1.29 is 24.2 Å². The zero-order valence-corrected chi connectivity index (χ0v) is 16.5. The first-order valence-corrected chi connectivity index (χ1v) is 9.45. The lowest BCUT2D eigenvalue weighted by Crippen LogP contribution is -2.56. The summed E-state index contributed by atoms with van der Waals surface area (Å²) in [5, 5.41) is 12.1. The molecule has 29 heavy (non-hydrogen) atoms. The number of amides is 2. The maximum atomic E-state index is 12.8. The Morgan fingerprint density at radius 2 is 1.90 bits per heavy atom. The Labute approximate surface area is 168 Å². The minimum absolute atomic E-state index is 0.149. The van der Waals surface area contributed by atoms with Gasteiger partial charge in [-0.2, -0.15) is 0 Å². The highest BCUT2D eigenvalue weighted by Crippen LogP contribution is 2.24. The lowest BCUT2D eigenvalue weighted by Gasteiger charge is -2.36. The molecule has 0 unspecified atom stereocenters. The molecular formula is C19H25N5O5. The van der Waals surface area contributed by atoms with Gasteiger partial charge in [0.1, 0.15) is 11.6 Å². The molecule has 1 fully saturated rings. The van der Waals surface area contributed by atoms with Crippen molar-refractivity contribution in [1.29, 1.82) is 0 Å². The zero-order chi connectivity index (χ0) is 21.0. The predicted molar refractivity (Wildman–Crippen MR) is 103 cm³/mol. The van der Waals surface area contributed by atoms with E-state index in [2.05, 4.69) is 15.3 Å². The monoisotopic (exact) mass is 403 g/mol. The number of piperazine rings is 1. The first-order valence-electron chi connectivity index (χ1n) is 9.45. The van der Waals surface area contributed by atoms with Crippen molar-refractivity contribution >= 4 is 23.5 Å². The summed E-state index contributed by atoms with van der Waals surface area (Å²) < 4.78 is 5.54. The van der Waals surface area contributed by atoms with E-state index in [-0.39, 0.29) is 18.0 Å². The zero-order valence-electron chi connectivity index (χ0n) is 16.5. The Balaban J connectivity index is 1.58. The van der Waals surface area contributed by atoms with E-state index in [0.717, 1.165) is 6.08 Å². The molecule has 0 saturated carbocycles. The quantitative estimate of drug-likeness (QED) is 0.658. The van der Waals surface area contributed by atoms with Crippen LogP contribution in [0.15, 0.2) is 30.3 Å². The molecule has 0 aromatic carbocycles. The second-order valence-corrected chi connectivity index (χ2v) is 7.58. The molecule has 156 valence electrons. The van der Waals surface area contributed by atoms with Gasteiger partial charge in [0.15, 0.2) is 11.5 Å². The normalized spacial score (nSPS) is 19.8. The minimum Gasteiger partial charge on any atom is -0.482 e. The van der Waals surface area contributed by atoms with Crippen molar-refractivity contribution in [3.63, 3.8) is 0 Å². The van der Waals surface area contributed by atoms with E-state index in [9.17, 15) is 19.5 Å². The second-order valence-electron chi connectivity index (χ2n) is 7.58. The van der Waals surface area contributed by atoms with Gasteiger partial charge in [0.2, 0.25) is 11.9 Å². The molecule has 0 radical (unpaired) electrons. The fourth-order valence-corrected chi connectivity index (χ4v) is 3.31. The summed E-state index contributed by atoms with van der Waals surface area (Å²) in [7, 11) is 0. The summed E-state index contributed by atoms with van der Waals surface area (Å²) in [6.07, 6.45) is 4.61. The van der Waals surface area contributed by atoms with Gasteiger partial charge in [-0.15, -0.1) is 0 Å². The highest BCUT2D eigenvalue weighted by atomic mass is 16.5. The highest BCUT2D eigenvalue weighted by Gasteiger charge is 2.34. The minimum atomic E-state index is -1.12. The number of aliphatic hydroxyl groups excluding tert-OH is 1. The van der Waals surface area contributed by atoms with E-state index >= 15 is 0 Å². The van der Waals surface area contributed by atoms with Gasteiger partial charge in [-0.3, -0.25) is 14.4 Å². The second kappa shape index (κ2) is 8.56. The van der Waals surface area contributed by atoms with Gasteiger partial charge in [0.05, 0.1) is 6.61 Å². The van der Waals surface area contributed by atoms with Crippen LogP contribution < -0.4 is 10.2 Å². The smallest absolute Gasteiger partial charge is 0.287 e. The van der Waals surface area contributed by atoms with Crippen LogP contribution in [0.4, 0.5) is 5.95 Å². The molecule has 0 bridgehead atoms. The van der Waals surface area contributed by atoms with Gasteiger partial charge in [-0.05, 0) is 19.9 Å². The van der Waals surface area contributed by atoms with Crippen LogP contribution in [0.1, 0.15) is 20.3 Å². The van der Waals surface area contributed by atoms with Crippen molar-refractivity contribution in [2.45, 2.75) is 31.9 Å². The number of carbonyl (C=O) groups excluding carboxylic acids is 3. The van der Waals surface area contributed by atoms with Crippen molar-refractivity contribution in [3.05, 3.63) is 30.3 Å². The largest absolute Gasteiger partial charge is 0.482 e. The summed E-state index contributed by atoms with van der Waals surface area (Å²) in [4.78, 5) is 49.0. The Kier molecular flexibility index (Phi) is 6.12. The first kappa shape index (κ1) is 20.7.